The lowest BCUT2D eigenvalue weighted by Crippen LogP contribution is -2.15. The van der Waals surface area contributed by atoms with Crippen molar-refractivity contribution in [1.29, 1.82) is 0 Å². The minimum atomic E-state index is -0.0307. The van der Waals surface area contributed by atoms with Crippen LogP contribution in [0.15, 0.2) is 48.5 Å². The van der Waals surface area contributed by atoms with E-state index in [-0.39, 0.29) is 35.9 Å². The number of rotatable bonds is 6. The second kappa shape index (κ2) is 8.28. The van der Waals surface area contributed by atoms with Crippen LogP contribution in [-0.4, -0.2) is 33.6 Å². The number of nitrogens with one attached hydrogen (secondary N) is 1. The van der Waals surface area contributed by atoms with Gasteiger partial charge in [-0.3, -0.25) is 4.79 Å². The number of fused-ring (bicyclic) bond motifs is 1. The number of ketones is 1. The normalized spacial score (nSPS) is 10.4. The van der Waals surface area contributed by atoms with Crippen molar-refractivity contribution in [2.24, 2.45) is 0 Å². The molecule has 2 N–H and O–H groups in total. The maximum atomic E-state index is 12.5. The Kier molecular flexibility index (Phi) is 6.36. The molecule has 3 aromatic rings. The summed E-state index contributed by atoms with van der Waals surface area (Å²) in [5.74, 6) is 0.541. The predicted octanol–water partition coefficient (Wildman–Crippen LogP) is 3.55. The number of halogens is 2. The van der Waals surface area contributed by atoms with Crippen LogP contribution in [0, 0.1) is 0 Å². The van der Waals surface area contributed by atoms with E-state index in [9.17, 15) is 4.79 Å². The molecule has 5 nitrogen and oxygen atoms in total. The lowest BCUT2D eigenvalue weighted by atomic mass is 10.1. The van der Waals surface area contributed by atoms with Gasteiger partial charge in [-0.15, -0.1) is 17.0 Å². The van der Waals surface area contributed by atoms with E-state index in [1.54, 1.807) is 24.3 Å². The molecule has 0 unspecified atom stereocenters. The van der Waals surface area contributed by atoms with E-state index >= 15 is 0 Å². The van der Waals surface area contributed by atoms with Crippen LogP contribution in [0.3, 0.4) is 0 Å². The van der Waals surface area contributed by atoms with Crippen molar-refractivity contribution in [2.45, 2.75) is 6.54 Å². The summed E-state index contributed by atoms with van der Waals surface area (Å²) in [6.07, 6.45) is 0. The fourth-order valence-electron chi connectivity index (χ4n) is 2.41. The van der Waals surface area contributed by atoms with E-state index in [1.165, 1.54) is 0 Å². The second-order valence-electron chi connectivity index (χ2n) is 5.09. The molecule has 24 heavy (non-hydrogen) atoms. The first-order valence-corrected chi connectivity index (χ1v) is 7.65. The number of carbonyl (C=O) groups is 1. The zero-order valence-corrected chi connectivity index (χ0v) is 15.2. The third-order valence-corrected chi connectivity index (χ3v) is 3.77. The van der Waals surface area contributed by atoms with Gasteiger partial charge in [0.2, 0.25) is 5.95 Å². The third kappa shape index (κ3) is 3.95. The SMILES string of the molecule is Br.O=C(Cn1c(NCCO)nc2ccccc21)c1ccc(Cl)cc1. The van der Waals surface area contributed by atoms with Crippen LogP contribution in [-0.2, 0) is 6.54 Å². The van der Waals surface area contributed by atoms with Crippen molar-refractivity contribution < 1.29 is 9.90 Å². The van der Waals surface area contributed by atoms with Crippen LogP contribution in [0.4, 0.5) is 5.95 Å². The predicted molar refractivity (Wildman–Crippen MR) is 101 cm³/mol. The summed E-state index contributed by atoms with van der Waals surface area (Å²) >= 11 is 5.86. The molecular weight excluding hydrogens is 394 g/mol. The van der Waals surface area contributed by atoms with Crippen molar-refractivity contribution >= 4 is 51.3 Å². The van der Waals surface area contributed by atoms with Crippen LogP contribution in [0.25, 0.3) is 11.0 Å². The van der Waals surface area contributed by atoms with E-state index < -0.39 is 0 Å². The smallest absolute Gasteiger partial charge is 0.204 e. The average molecular weight is 411 g/mol. The highest BCUT2D eigenvalue weighted by molar-refractivity contribution is 8.93. The Hall–Kier alpha value is -1.89. The Morgan fingerprint density at radius 3 is 2.58 bits per heavy atom. The Morgan fingerprint density at radius 1 is 1.17 bits per heavy atom. The Labute approximate surface area is 155 Å². The monoisotopic (exact) mass is 409 g/mol. The Bertz CT molecular complexity index is 833. The molecule has 0 atom stereocenters. The van der Waals surface area contributed by atoms with Gasteiger partial charge in [0.05, 0.1) is 24.2 Å². The van der Waals surface area contributed by atoms with Gasteiger partial charge >= 0.3 is 0 Å². The number of aliphatic hydroxyl groups is 1. The molecule has 7 heteroatoms. The number of carbonyl (C=O) groups excluding carboxylic acids is 1. The number of para-hydroxylation sites is 2. The molecule has 0 aliphatic rings. The zero-order chi connectivity index (χ0) is 16.2. The van der Waals surface area contributed by atoms with Gasteiger partial charge in [-0.05, 0) is 36.4 Å². The molecular formula is C17H17BrClN3O2. The summed E-state index contributed by atoms with van der Waals surface area (Å²) in [6.45, 7) is 0.530. The van der Waals surface area contributed by atoms with Crippen LogP contribution in [0.2, 0.25) is 5.02 Å². The van der Waals surface area contributed by atoms with Crippen molar-refractivity contribution in [3.8, 4) is 0 Å². The highest BCUT2D eigenvalue weighted by Crippen LogP contribution is 2.20. The van der Waals surface area contributed by atoms with E-state index in [0.717, 1.165) is 11.0 Å². The molecule has 0 fully saturated rings. The molecule has 0 saturated heterocycles. The lowest BCUT2D eigenvalue weighted by Gasteiger charge is -2.09. The van der Waals surface area contributed by atoms with E-state index in [1.807, 2.05) is 28.8 Å². The number of aliphatic hydroxyl groups excluding tert-OH is 1. The molecule has 0 aliphatic heterocycles. The van der Waals surface area contributed by atoms with Crippen LogP contribution >= 0.6 is 28.6 Å². The summed E-state index contributed by atoms with van der Waals surface area (Å²) in [6, 6.07) is 14.4. The van der Waals surface area contributed by atoms with Gasteiger partial charge in [0.15, 0.2) is 5.78 Å². The average Bonchev–Trinajstić information content (AvgIpc) is 2.91. The summed E-state index contributed by atoms with van der Waals surface area (Å²) in [5.41, 5.74) is 2.27. The van der Waals surface area contributed by atoms with Crippen molar-refractivity contribution in [3.05, 3.63) is 59.1 Å². The summed E-state index contributed by atoms with van der Waals surface area (Å²) in [4.78, 5) is 17.0. The molecule has 0 saturated carbocycles. The maximum Gasteiger partial charge on any atom is 0.204 e. The summed E-state index contributed by atoms with van der Waals surface area (Å²) in [7, 11) is 0. The zero-order valence-electron chi connectivity index (χ0n) is 12.8. The fourth-order valence-corrected chi connectivity index (χ4v) is 2.53. The minimum absolute atomic E-state index is 0. The topological polar surface area (TPSA) is 67.2 Å². The number of aromatic nitrogens is 2. The van der Waals surface area contributed by atoms with Crippen LogP contribution in [0.1, 0.15) is 10.4 Å². The molecule has 1 aromatic heterocycles. The molecule has 0 amide bonds. The third-order valence-electron chi connectivity index (χ3n) is 3.52. The molecule has 0 radical (unpaired) electrons. The number of nitrogens with zero attached hydrogens (tertiary/aromatic N) is 2. The van der Waals surface area contributed by atoms with Gasteiger partial charge in [0, 0.05) is 17.1 Å². The van der Waals surface area contributed by atoms with Gasteiger partial charge in [-0.1, -0.05) is 23.7 Å². The number of benzene rings is 2. The first-order valence-electron chi connectivity index (χ1n) is 7.28. The van der Waals surface area contributed by atoms with E-state index in [4.69, 9.17) is 16.7 Å². The van der Waals surface area contributed by atoms with Gasteiger partial charge in [0.25, 0.3) is 0 Å². The van der Waals surface area contributed by atoms with E-state index in [2.05, 4.69) is 10.3 Å². The molecule has 0 bridgehead atoms. The molecule has 3 rings (SSSR count). The fraction of sp³-hybridized carbons (Fsp3) is 0.176. The van der Waals surface area contributed by atoms with Crippen molar-refractivity contribution in [1.82, 2.24) is 9.55 Å². The lowest BCUT2D eigenvalue weighted by molar-refractivity contribution is 0.0974. The number of hydrogen-bond donors (Lipinski definition) is 2. The Morgan fingerprint density at radius 2 is 1.88 bits per heavy atom. The summed E-state index contributed by atoms with van der Waals surface area (Å²) in [5, 5.41) is 12.6. The second-order valence-corrected chi connectivity index (χ2v) is 5.53. The van der Waals surface area contributed by atoms with Gasteiger partial charge in [-0.2, -0.15) is 0 Å². The standard InChI is InChI=1S/C17H16ClN3O2.BrH/c18-13-7-5-12(6-8-13)16(23)11-21-15-4-2-1-3-14(15)20-17(21)19-9-10-22;/h1-8,22H,9-11H2,(H,19,20);1H. The molecule has 0 aliphatic carbocycles. The highest BCUT2D eigenvalue weighted by atomic mass is 79.9. The Balaban J connectivity index is 0.00000208. The molecule has 1 heterocycles. The molecule has 126 valence electrons. The maximum absolute atomic E-state index is 12.5. The number of hydrogen-bond acceptors (Lipinski definition) is 4. The number of imidazole rings is 1. The first-order chi connectivity index (χ1) is 11.2. The van der Waals surface area contributed by atoms with E-state index in [0.29, 0.717) is 23.1 Å². The van der Waals surface area contributed by atoms with Gasteiger partial charge in [0.1, 0.15) is 0 Å². The van der Waals surface area contributed by atoms with Crippen LogP contribution in [0.5, 0.6) is 0 Å². The van der Waals surface area contributed by atoms with Gasteiger partial charge < -0.3 is 15.0 Å². The number of Topliss-reactive ketones (excluding diaryl/α,β-unsaturated/α-hetero) is 1. The number of anilines is 1. The largest absolute Gasteiger partial charge is 0.395 e. The minimum Gasteiger partial charge on any atom is -0.395 e. The molecule has 0 spiro atoms. The molecule has 2 aromatic carbocycles. The quantitative estimate of drug-likeness (QED) is 0.610. The first kappa shape index (κ1) is 18.4. The van der Waals surface area contributed by atoms with Gasteiger partial charge in [-0.25, -0.2) is 4.98 Å². The highest BCUT2D eigenvalue weighted by Gasteiger charge is 2.14. The van der Waals surface area contributed by atoms with Crippen molar-refractivity contribution in [2.75, 3.05) is 18.5 Å². The summed E-state index contributed by atoms with van der Waals surface area (Å²) < 4.78 is 1.82. The van der Waals surface area contributed by atoms with Crippen LogP contribution < -0.4 is 5.32 Å². The van der Waals surface area contributed by atoms with Crippen molar-refractivity contribution in [3.63, 3.8) is 0 Å².